The van der Waals surface area contributed by atoms with Crippen molar-refractivity contribution in [2.45, 2.75) is 175 Å². The molecule has 0 fully saturated rings. The largest absolute Gasteiger partial charge is 0.462 e. The van der Waals surface area contributed by atoms with Crippen LogP contribution in [0.25, 0.3) is 0 Å². The van der Waals surface area contributed by atoms with Gasteiger partial charge in [-0.2, -0.15) is 0 Å². The zero-order valence-corrected chi connectivity index (χ0v) is 37.9. The van der Waals surface area contributed by atoms with Crippen LogP contribution in [0.3, 0.4) is 0 Å². The van der Waals surface area contributed by atoms with E-state index < -0.39 is 6.10 Å². The molecule has 0 radical (unpaired) electrons. The van der Waals surface area contributed by atoms with E-state index in [0.717, 1.165) is 103 Å². The summed E-state index contributed by atoms with van der Waals surface area (Å²) in [6.07, 6.45) is 65.8. The summed E-state index contributed by atoms with van der Waals surface area (Å²) in [5.74, 6) is -1.06. The van der Waals surface area contributed by atoms with Crippen LogP contribution in [0.2, 0.25) is 0 Å². The highest BCUT2D eigenvalue weighted by Gasteiger charge is 2.19. The van der Waals surface area contributed by atoms with E-state index in [1.807, 2.05) is 48.6 Å². The fraction of sp³-hybridized carbons (Fsp3) is 0.537. The summed E-state index contributed by atoms with van der Waals surface area (Å²) < 4.78 is 16.6. The van der Waals surface area contributed by atoms with Gasteiger partial charge in [-0.05, 0) is 96.3 Å². The zero-order chi connectivity index (χ0) is 43.7. The van der Waals surface area contributed by atoms with Gasteiger partial charge in [-0.15, -0.1) is 0 Å². The first-order chi connectivity index (χ1) is 29.5. The smallest absolute Gasteiger partial charge is 0.306 e. The molecule has 0 aromatic rings. The van der Waals surface area contributed by atoms with Crippen molar-refractivity contribution in [2.75, 3.05) is 13.2 Å². The Morgan fingerprint density at radius 3 is 1.30 bits per heavy atom. The molecule has 6 heteroatoms. The summed E-state index contributed by atoms with van der Waals surface area (Å²) in [6.45, 7) is 6.20. The Balaban J connectivity index is 4.59. The topological polar surface area (TPSA) is 78.9 Å². The molecule has 0 aliphatic rings. The highest BCUT2D eigenvalue weighted by atomic mass is 16.6. The molecule has 0 saturated heterocycles. The lowest BCUT2D eigenvalue weighted by molar-refractivity contribution is -0.167. The molecule has 0 amide bonds. The zero-order valence-electron chi connectivity index (χ0n) is 37.9. The van der Waals surface area contributed by atoms with Gasteiger partial charge in [-0.1, -0.05) is 187 Å². The molecule has 0 rings (SSSR count). The van der Waals surface area contributed by atoms with Crippen LogP contribution in [0.15, 0.2) is 134 Å². The van der Waals surface area contributed by atoms with Gasteiger partial charge in [0.05, 0.1) is 0 Å². The second kappa shape index (κ2) is 47.2. The maximum atomic E-state index is 12.7. The maximum Gasteiger partial charge on any atom is 0.306 e. The maximum absolute atomic E-state index is 12.7. The Morgan fingerprint density at radius 2 is 0.750 bits per heavy atom. The summed E-state index contributed by atoms with van der Waals surface area (Å²) in [5, 5.41) is 0. The molecule has 0 N–H and O–H groups in total. The molecular weight excluding hydrogens is 745 g/mol. The van der Waals surface area contributed by atoms with E-state index in [4.69, 9.17) is 14.2 Å². The lowest BCUT2D eigenvalue weighted by atomic mass is 10.1. The summed E-state index contributed by atoms with van der Waals surface area (Å²) in [6, 6.07) is 0. The van der Waals surface area contributed by atoms with Gasteiger partial charge in [-0.3, -0.25) is 14.4 Å². The van der Waals surface area contributed by atoms with Crippen LogP contribution in [0.5, 0.6) is 0 Å². The van der Waals surface area contributed by atoms with E-state index in [1.54, 1.807) is 0 Å². The minimum absolute atomic E-state index is 0.125. The van der Waals surface area contributed by atoms with Gasteiger partial charge in [0.25, 0.3) is 0 Å². The van der Waals surface area contributed by atoms with Gasteiger partial charge in [0.1, 0.15) is 13.2 Å². The third-order valence-corrected chi connectivity index (χ3v) is 9.00. The molecular formula is C54H82O6. The number of hydrogen-bond acceptors (Lipinski definition) is 6. The fourth-order valence-electron chi connectivity index (χ4n) is 5.54. The first kappa shape index (κ1) is 55.6. The van der Waals surface area contributed by atoms with E-state index in [9.17, 15) is 14.4 Å². The number of unbranched alkanes of at least 4 members (excludes halogenated alkanes) is 10. The van der Waals surface area contributed by atoms with Crippen LogP contribution < -0.4 is 0 Å². The van der Waals surface area contributed by atoms with Crippen LogP contribution in [0, 0.1) is 0 Å². The molecule has 0 aliphatic heterocycles. The van der Waals surface area contributed by atoms with E-state index in [2.05, 4.69) is 106 Å². The van der Waals surface area contributed by atoms with Crippen LogP contribution in [-0.4, -0.2) is 37.2 Å². The number of carbonyl (C=O) groups is 3. The average Bonchev–Trinajstić information content (AvgIpc) is 3.24. The van der Waals surface area contributed by atoms with Crippen molar-refractivity contribution in [3.63, 3.8) is 0 Å². The first-order valence-corrected chi connectivity index (χ1v) is 23.3. The molecule has 0 heterocycles. The lowest BCUT2D eigenvalue weighted by Crippen LogP contribution is -2.30. The molecule has 0 spiro atoms. The van der Waals surface area contributed by atoms with Crippen LogP contribution >= 0.6 is 0 Å². The number of hydrogen-bond donors (Lipinski definition) is 0. The van der Waals surface area contributed by atoms with Crippen molar-refractivity contribution in [1.29, 1.82) is 0 Å². The molecule has 334 valence electrons. The minimum Gasteiger partial charge on any atom is -0.462 e. The summed E-state index contributed by atoms with van der Waals surface area (Å²) in [7, 11) is 0. The molecule has 0 aromatic carbocycles. The Morgan fingerprint density at radius 1 is 0.367 bits per heavy atom. The highest BCUT2D eigenvalue weighted by Crippen LogP contribution is 2.11. The summed E-state index contributed by atoms with van der Waals surface area (Å²) >= 11 is 0. The van der Waals surface area contributed by atoms with Crippen molar-refractivity contribution in [2.24, 2.45) is 0 Å². The van der Waals surface area contributed by atoms with Crippen molar-refractivity contribution < 1.29 is 28.6 Å². The van der Waals surface area contributed by atoms with Crippen LogP contribution in [0.1, 0.15) is 168 Å². The number of allylic oxidation sites excluding steroid dienone is 22. The van der Waals surface area contributed by atoms with Gasteiger partial charge in [0.2, 0.25) is 0 Å². The third-order valence-electron chi connectivity index (χ3n) is 9.00. The monoisotopic (exact) mass is 827 g/mol. The van der Waals surface area contributed by atoms with E-state index in [-0.39, 0.29) is 44.0 Å². The molecule has 6 nitrogen and oxygen atoms in total. The normalized spacial score (nSPS) is 13.3. The lowest BCUT2D eigenvalue weighted by Gasteiger charge is -2.18. The summed E-state index contributed by atoms with van der Waals surface area (Å²) in [5.41, 5.74) is 0. The van der Waals surface area contributed by atoms with Crippen molar-refractivity contribution >= 4 is 17.9 Å². The van der Waals surface area contributed by atoms with Crippen LogP contribution in [0.4, 0.5) is 0 Å². The van der Waals surface area contributed by atoms with Crippen LogP contribution in [-0.2, 0) is 28.6 Å². The Bertz CT molecular complexity index is 1370. The van der Waals surface area contributed by atoms with Crippen molar-refractivity contribution in [3.05, 3.63) is 134 Å². The Hall–Kier alpha value is -4.45. The van der Waals surface area contributed by atoms with E-state index in [1.165, 1.54) is 12.8 Å². The van der Waals surface area contributed by atoms with Gasteiger partial charge < -0.3 is 14.2 Å². The molecule has 0 saturated carbocycles. The third kappa shape index (κ3) is 44.6. The van der Waals surface area contributed by atoms with E-state index >= 15 is 0 Å². The second-order valence-corrected chi connectivity index (χ2v) is 14.7. The standard InChI is InChI=1S/C54H82O6/c1-4-7-10-13-16-19-22-24-26-27-29-30-32-35-38-41-44-47-53(56)59-50-51(49-58-52(55)46-43-40-37-34-21-18-15-12-9-6-3)60-54(57)48-45-42-39-36-33-31-28-25-23-20-17-14-11-8-5-2/h7-8,10-11,14-20,23-26,28-31,33,35,38,51H,4-6,9,12-13,21-22,27,32,34,36-37,39-50H2,1-3H3/b10-7-,11-8-,17-14-,18-15-,19-16-,23-20-,26-24-,28-25-,30-29-,33-31-,38-35-. The SMILES string of the molecule is CC\C=C/C=C\C=C/C=C\C=C/CCCCCC(=O)OC(COC(=O)CCC/C=C\C/C=C\C/C=C\C/C=C\C/C=C\CC)COC(=O)CCCCCC/C=C\CCCC. The van der Waals surface area contributed by atoms with Gasteiger partial charge >= 0.3 is 17.9 Å². The molecule has 1 atom stereocenters. The van der Waals surface area contributed by atoms with E-state index in [0.29, 0.717) is 19.3 Å². The van der Waals surface area contributed by atoms with Gasteiger partial charge in [0.15, 0.2) is 6.10 Å². The van der Waals surface area contributed by atoms with Crippen molar-refractivity contribution in [3.8, 4) is 0 Å². The number of carbonyl (C=O) groups excluding carboxylic acids is 3. The highest BCUT2D eigenvalue weighted by molar-refractivity contribution is 5.71. The quantitative estimate of drug-likeness (QED) is 0.0202. The second-order valence-electron chi connectivity index (χ2n) is 14.7. The average molecular weight is 827 g/mol. The van der Waals surface area contributed by atoms with Gasteiger partial charge in [0, 0.05) is 19.3 Å². The number of esters is 3. The van der Waals surface area contributed by atoms with Crippen molar-refractivity contribution in [1.82, 2.24) is 0 Å². The molecule has 60 heavy (non-hydrogen) atoms. The van der Waals surface area contributed by atoms with Gasteiger partial charge in [-0.25, -0.2) is 0 Å². The predicted molar refractivity (Wildman–Crippen MR) is 256 cm³/mol. The Kier molecular flexibility index (Phi) is 43.7. The minimum atomic E-state index is -0.831. The molecule has 0 aromatic heterocycles. The fourth-order valence-corrected chi connectivity index (χ4v) is 5.54. The number of ether oxygens (including phenoxy) is 3. The first-order valence-electron chi connectivity index (χ1n) is 23.3. The molecule has 0 bridgehead atoms. The molecule has 1 unspecified atom stereocenters. The number of rotatable bonds is 39. The predicted octanol–water partition coefficient (Wildman–Crippen LogP) is 15.1. The summed E-state index contributed by atoms with van der Waals surface area (Å²) in [4.78, 5) is 37.8. The Labute approximate surface area is 366 Å². The molecule has 0 aliphatic carbocycles.